The minimum absolute atomic E-state index is 0.333. The van der Waals surface area contributed by atoms with Crippen LogP contribution in [-0.4, -0.2) is 34.2 Å². The summed E-state index contributed by atoms with van der Waals surface area (Å²) in [6.07, 6.45) is 6.99. The third kappa shape index (κ3) is 4.87. The summed E-state index contributed by atoms with van der Waals surface area (Å²) in [5.41, 5.74) is 4.92. The van der Waals surface area contributed by atoms with Crippen molar-refractivity contribution in [3.8, 4) is 5.75 Å². The van der Waals surface area contributed by atoms with E-state index in [0.29, 0.717) is 41.1 Å². The van der Waals surface area contributed by atoms with Gasteiger partial charge >= 0.3 is 0 Å². The van der Waals surface area contributed by atoms with Crippen molar-refractivity contribution in [3.05, 3.63) is 84.6 Å². The Balaban J connectivity index is 1.89. The monoisotopic (exact) mass is 470 g/mol. The number of anilines is 2. The summed E-state index contributed by atoms with van der Waals surface area (Å²) >= 11 is 0. The third-order valence-electron chi connectivity index (χ3n) is 5.68. The lowest BCUT2D eigenvalue weighted by Crippen LogP contribution is -2.33. The van der Waals surface area contributed by atoms with Crippen LogP contribution in [-0.2, 0) is 4.74 Å². The molecule has 0 aliphatic carbocycles. The molecule has 2 aliphatic rings. The number of para-hydroxylation sites is 1. The minimum atomic E-state index is -0.544. The molecular weight excluding hydrogens is 440 g/mol. The average molecular weight is 471 g/mol. The second-order valence-electron chi connectivity index (χ2n) is 8.79. The van der Waals surface area contributed by atoms with Gasteiger partial charge in [-0.25, -0.2) is 9.97 Å². The maximum atomic E-state index is 6.30. The molecule has 8 heteroatoms. The summed E-state index contributed by atoms with van der Waals surface area (Å²) in [5.74, 6) is 2.30. The maximum absolute atomic E-state index is 6.30. The van der Waals surface area contributed by atoms with Crippen molar-refractivity contribution >= 4 is 28.6 Å². The van der Waals surface area contributed by atoms with Gasteiger partial charge in [0.2, 0.25) is 11.8 Å². The highest BCUT2D eigenvalue weighted by Crippen LogP contribution is 2.51. The van der Waals surface area contributed by atoms with Crippen molar-refractivity contribution in [1.82, 2.24) is 9.97 Å². The SMILES string of the molecule is C=CC(=CN=C(C)C)OC1=NC(Oc2cnc(C)nc2)=C2c3cccc(NC)c3NC2(C)CC1=C. The third-order valence-corrected chi connectivity index (χ3v) is 5.68. The Morgan fingerprint density at radius 2 is 2.00 bits per heavy atom. The number of nitrogens with zero attached hydrogens (tertiary/aromatic N) is 4. The van der Waals surface area contributed by atoms with E-state index in [2.05, 4.69) is 51.7 Å². The van der Waals surface area contributed by atoms with E-state index in [1.807, 2.05) is 40.0 Å². The van der Waals surface area contributed by atoms with Gasteiger partial charge in [0, 0.05) is 35.9 Å². The number of hydrogen-bond acceptors (Lipinski definition) is 8. The van der Waals surface area contributed by atoms with Crippen molar-refractivity contribution < 1.29 is 9.47 Å². The van der Waals surface area contributed by atoms with E-state index in [-0.39, 0.29) is 0 Å². The second-order valence-corrected chi connectivity index (χ2v) is 8.79. The topological polar surface area (TPSA) is 93.0 Å². The molecule has 1 unspecified atom stereocenters. The number of aryl methyl sites for hydroxylation is 1. The normalized spacial score (nSPS) is 19.1. The fourth-order valence-corrected chi connectivity index (χ4v) is 4.09. The number of nitrogens with one attached hydrogen (secondary N) is 2. The zero-order valence-corrected chi connectivity index (χ0v) is 20.8. The molecule has 2 aliphatic heterocycles. The Bertz CT molecular complexity index is 1300. The first-order chi connectivity index (χ1) is 16.7. The summed E-state index contributed by atoms with van der Waals surface area (Å²) in [6.45, 7) is 15.9. The molecule has 0 spiro atoms. The fraction of sp³-hybridized carbons (Fsp3) is 0.259. The van der Waals surface area contributed by atoms with Crippen molar-refractivity contribution in [2.75, 3.05) is 17.7 Å². The van der Waals surface area contributed by atoms with Crippen molar-refractivity contribution in [2.24, 2.45) is 9.98 Å². The lowest BCUT2D eigenvalue weighted by Gasteiger charge is -2.27. The Morgan fingerprint density at radius 3 is 2.66 bits per heavy atom. The van der Waals surface area contributed by atoms with Gasteiger partial charge in [0.05, 0.1) is 35.5 Å². The number of ether oxygens (including phenoxy) is 2. The first-order valence-corrected chi connectivity index (χ1v) is 11.3. The van der Waals surface area contributed by atoms with E-state index in [9.17, 15) is 0 Å². The van der Waals surface area contributed by atoms with Crippen LogP contribution in [0, 0.1) is 6.92 Å². The van der Waals surface area contributed by atoms with Crippen LogP contribution in [0.25, 0.3) is 5.57 Å². The molecule has 8 nitrogen and oxygen atoms in total. The molecule has 0 radical (unpaired) electrons. The van der Waals surface area contributed by atoms with Crippen LogP contribution in [0.4, 0.5) is 11.4 Å². The number of benzene rings is 1. The zero-order chi connectivity index (χ0) is 25.2. The van der Waals surface area contributed by atoms with Gasteiger partial charge in [0.25, 0.3) is 0 Å². The van der Waals surface area contributed by atoms with Gasteiger partial charge in [-0.15, -0.1) is 0 Å². The van der Waals surface area contributed by atoms with Crippen LogP contribution < -0.4 is 15.4 Å². The number of hydrogen-bond donors (Lipinski definition) is 2. The molecule has 0 saturated carbocycles. The van der Waals surface area contributed by atoms with Gasteiger partial charge in [-0.1, -0.05) is 25.3 Å². The molecular formula is C27H30N6O2. The molecule has 3 heterocycles. The van der Waals surface area contributed by atoms with Gasteiger partial charge in [-0.05, 0) is 39.8 Å². The molecule has 0 fully saturated rings. The Labute approximate surface area is 205 Å². The predicted octanol–water partition coefficient (Wildman–Crippen LogP) is 5.64. The molecule has 0 amide bonds. The standard InChI is InChI=1S/C27H30N6O2/c1-8-19(13-29-16(2)3)34-25-17(4)12-27(6)23(21-10-9-11-22(28-7)24(21)33-27)26(32-25)35-20-14-30-18(5)31-15-20/h8-11,13-15,28,33H,1,4,12H2,2-3,5-7H3. The van der Waals surface area contributed by atoms with Crippen LogP contribution in [0.3, 0.4) is 0 Å². The second kappa shape index (κ2) is 9.58. The smallest absolute Gasteiger partial charge is 0.228 e. The van der Waals surface area contributed by atoms with E-state index < -0.39 is 5.54 Å². The van der Waals surface area contributed by atoms with Gasteiger partial charge < -0.3 is 20.1 Å². The lowest BCUT2D eigenvalue weighted by atomic mass is 9.86. The summed E-state index contributed by atoms with van der Waals surface area (Å²) in [4.78, 5) is 17.7. The number of aliphatic imine (C=N–C) groups is 2. The molecule has 1 aromatic carbocycles. The number of aromatic nitrogens is 2. The molecule has 4 rings (SSSR count). The van der Waals surface area contributed by atoms with Crippen LogP contribution in [0.5, 0.6) is 5.75 Å². The molecule has 2 N–H and O–H groups in total. The van der Waals surface area contributed by atoms with Gasteiger partial charge in [-0.2, -0.15) is 4.99 Å². The zero-order valence-electron chi connectivity index (χ0n) is 20.8. The largest absolute Gasteiger partial charge is 0.437 e. The van der Waals surface area contributed by atoms with Crippen LogP contribution in [0.2, 0.25) is 0 Å². The van der Waals surface area contributed by atoms with E-state index in [0.717, 1.165) is 28.2 Å². The Morgan fingerprint density at radius 1 is 1.26 bits per heavy atom. The molecule has 1 aromatic heterocycles. The highest BCUT2D eigenvalue weighted by molar-refractivity contribution is 6.02. The highest BCUT2D eigenvalue weighted by atomic mass is 16.5. The summed E-state index contributed by atoms with van der Waals surface area (Å²) in [6, 6.07) is 6.08. The van der Waals surface area contributed by atoms with E-state index >= 15 is 0 Å². The van der Waals surface area contributed by atoms with Crippen LogP contribution in [0.15, 0.2) is 83.2 Å². The summed E-state index contributed by atoms with van der Waals surface area (Å²) in [7, 11) is 1.90. The average Bonchev–Trinajstić information content (AvgIpc) is 3.07. The van der Waals surface area contributed by atoms with Crippen molar-refractivity contribution in [3.63, 3.8) is 0 Å². The van der Waals surface area contributed by atoms with Crippen molar-refractivity contribution in [2.45, 2.75) is 39.7 Å². The summed E-state index contributed by atoms with van der Waals surface area (Å²) < 4.78 is 12.4. The van der Waals surface area contributed by atoms with Gasteiger partial charge in [0.15, 0.2) is 5.75 Å². The first-order valence-electron chi connectivity index (χ1n) is 11.3. The lowest BCUT2D eigenvalue weighted by molar-refractivity contribution is 0.399. The van der Waals surface area contributed by atoms with Crippen LogP contribution >= 0.6 is 0 Å². The van der Waals surface area contributed by atoms with Gasteiger partial charge in [0.1, 0.15) is 11.6 Å². The minimum Gasteiger partial charge on any atom is -0.437 e. The van der Waals surface area contributed by atoms with Gasteiger partial charge in [-0.3, -0.25) is 4.99 Å². The molecule has 2 aromatic rings. The number of fused-ring (bicyclic) bond motifs is 3. The molecule has 1 atom stereocenters. The maximum Gasteiger partial charge on any atom is 0.228 e. The predicted molar refractivity (Wildman–Crippen MR) is 142 cm³/mol. The number of allylic oxidation sites excluding steroid dienone is 1. The highest BCUT2D eigenvalue weighted by Gasteiger charge is 2.44. The Hall–Kier alpha value is -4.20. The Kier molecular flexibility index (Phi) is 6.55. The fourth-order valence-electron chi connectivity index (χ4n) is 4.09. The summed E-state index contributed by atoms with van der Waals surface area (Å²) in [5, 5.41) is 6.94. The van der Waals surface area contributed by atoms with E-state index in [1.54, 1.807) is 24.7 Å². The van der Waals surface area contributed by atoms with E-state index in [4.69, 9.17) is 14.5 Å². The molecule has 0 bridgehead atoms. The molecule has 180 valence electrons. The quantitative estimate of drug-likeness (QED) is 0.322. The van der Waals surface area contributed by atoms with Crippen LogP contribution in [0.1, 0.15) is 38.6 Å². The van der Waals surface area contributed by atoms with Crippen molar-refractivity contribution in [1.29, 1.82) is 0 Å². The van der Waals surface area contributed by atoms with E-state index in [1.165, 1.54) is 0 Å². The molecule has 35 heavy (non-hydrogen) atoms. The first kappa shape index (κ1) is 23.9. The molecule has 0 saturated heterocycles. The number of rotatable bonds is 6.